The summed E-state index contributed by atoms with van der Waals surface area (Å²) in [5.74, 6) is 0.358. The van der Waals surface area contributed by atoms with Gasteiger partial charge in [-0.2, -0.15) is 0 Å². The Morgan fingerprint density at radius 3 is 2.43 bits per heavy atom. The number of esters is 1. The molecule has 0 saturated carbocycles. The van der Waals surface area contributed by atoms with Crippen LogP contribution in [0.5, 0.6) is 0 Å². The number of anilines is 2. The maximum absolute atomic E-state index is 13.5. The monoisotopic (exact) mass is 520 g/mol. The molecule has 1 aliphatic heterocycles. The Labute approximate surface area is 220 Å². The number of benzene rings is 2. The molecule has 0 amide bonds. The highest BCUT2D eigenvalue weighted by Gasteiger charge is 2.29. The fraction of sp³-hybridized carbons (Fsp3) is 0.483. The van der Waals surface area contributed by atoms with Crippen molar-refractivity contribution in [2.45, 2.75) is 71.4 Å². The summed E-state index contributed by atoms with van der Waals surface area (Å²) in [5, 5.41) is 4.11. The molecule has 1 aromatic heterocycles. The molecule has 1 saturated heterocycles. The number of rotatable bonds is 5. The van der Waals surface area contributed by atoms with Crippen LogP contribution in [0.4, 0.5) is 11.6 Å². The van der Waals surface area contributed by atoms with E-state index in [1.54, 1.807) is 10.6 Å². The largest absolute Gasteiger partial charge is 0.456 e. The first-order valence-corrected chi connectivity index (χ1v) is 16.5. The Morgan fingerprint density at radius 2 is 1.78 bits per heavy atom. The number of hydrogen-bond acceptors (Lipinski definition) is 6. The van der Waals surface area contributed by atoms with Crippen LogP contribution in [0.2, 0.25) is 25.2 Å². The van der Waals surface area contributed by atoms with E-state index in [2.05, 4.69) is 29.4 Å². The minimum atomic E-state index is -1.16. The quantitative estimate of drug-likeness (QED) is 0.333. The van der Waals surface area contributed by atoms with Crippen molar-refractivity contribution in [3.63, 3.8) is 0 Å². The Bertz CT molecular complexity index is 1380. The molecule has 4 rings (SSSR count). The van der Waals surface area contributed by atoms with Crippen LogP contribution in [0.15, 0.2) is 41.2 Å². The molecule has 0 radical (unpaired) electrons. The van der Waals surface area contributed by atoms with Crippen LogP contribution in [0.25, 0.3) is 10.9 Å². The van der Waals surface area contributed by atoms with Crippen molar-refractivity contribution in [3.8, 4) is 0 Å². The summed E-state index contributed by atoms with van der Waals surface area (Å²) in [6.45, 7) is 16.3. The normalized spacial score (nSPS) is 16.5. The molecule has 0 bridgehead atoms. The number of carbonyl (C=O) groups excluding carboxylic acids is 1. The Kier molecular flexibility index (Phi) is 7.25. The number of aromatic nitrogens is 2. The van der Waals surface area contributed by atoms with E-state index in [1.807, 2.05) is 65.9 Å². The van der Waals surface area contributed by atoms with E-state index < -0.39 is 13.7 Å². The number of para-hydroxylation sites is 1. The van der Waals surface area contributed by atoms with Gasteiger partial charge in [0.1, 0.15) is 5.60 Å². The van der Waals surface area contributed by atoms with Crippen LogP contribution in [-0.4, -0.2) is 42.3 Å². The van der Waals surface area contributed by atoms with Gasteiger partial charge >= 0.3 is 5.97 Å². The molecule has 198 valence electrons. The second kappa shape index (κ2) is 9.97. The number of hydrogen-bond donors (Lipinski definition) is 1. The third-order valence-corrected chi connectivity index (χ3v) is 10.3. The zero-order valence-electron chi connectivity index (χ0n) is 23.4. The number of nitrogens with one attached hydrogen (secondary N) is 1. The molecule has 1 N–H and O–H groups in total. The van der Waals surface area contributed by atoms with E-state index in [0.29, 0.717) is 22.2 Å². The van der Waals surface area contributed by atoms with Crippen LogP contribution in [0, 0.1) is 6.92 Å². The molecule has 2 heterocycles. The van der Waals surface area contributed by atoms with Crippen LogP contribution >= 0.6 is 0 Å². The standard InChI is InChI=1S/C29H40N4O3Si/c1-19-17-22(20(2)30-24-12-10-9-11-21(24)27(35)36-29(3,4)5)25-23(18-19)26(34)32(6)28(31-25)33-13-15-37(7,8)16-14-33/h9-12,17-18,20,30H,13-16H2,1-8H3. The van der Waals surface area contributed by atoms with Crippen LogP contribution in [0.3, 0.4) is 0 Å². The summed E-state index contributed by atoms with van der Waals surface area (Å²) in [4.78, 5) is 33.7. The van der Waals surface area contributed by atoms with Gasteiger partial charge in [-0.1, -0.05) is 31.3 Å². The first-order chi connectivity index (χ1) is 17.3. The van der Waals surface area contributed by atoms with Gasteiger partial charge in [0.05, 0.1) is 30.6 Å². The Balaban J connectivity index is 1.74. The molecule has 0 aliphatic carbocycles. The van der Waals surface area contributed by atoms with Gasteiger partial charge in [-0.25, -0.2) is 9.78 Å². The molecule has 1 atom stereocenters. The van der Waals surface area contributed by atoms with Crippen LogP contribution < -0.4 is 15.8 Å². The van der Waals surface area contributed by atoms with E-state index in [0.717, 1.165) is 30.2 Å². The zero-order valence-corrected chi connectivity index (χ0v) is 24.4. The molecule has 37 heavy (non-hydrogen) atoms. The number of nitrogens with zero attached hydrogens (tertiary/aromatic N) is 3. The molecule has 8 heteroatoms. The van der Waals surface area contributed by atoms with Crippen molar-refractivity contribution in [1.82, 2.24) is 9.55 Å². The average molecular weight is 521 g/mol. The van der Waals surface area contributed by atoms with Crippen molar-refractivity contribution in [3.05, 3.63) is 63.4 Å². The van der Waals surface area contributed by atoms with Crippen molar-refractivity contribution < 1.29 is 9.53 Å². The fourth-order valence-corrected chi connectivity index (χ4v) is 6.90. The second-order valence-electron chi connectivity index (χ2n) is 12.1. The van der Waals surface area contributed by atoms with Crippen LogP contribution in [0.1, 0.15) is 55.2 Å². The molecule has 3 aromatic rings. The van der Waals surface area contributed by atoms with Crippen molar-refractivity contribution in [2.24, 2.45) is 7.05 Å². The molecular formula is C29H40N4O3Si. The van der Waals surface area contributed by atoms with Gasteiger partial charge in [0.15, 0.2) is 0 Å². The second-order valence-corrected chi connectivity index (χ2v) is 17.4. The minimum Gasteiger partial charge on any atom is -0.456 e. The fourth-order valence-electron chi connectivity index (χ4n) is 4.90. The maximum atomic E-state index is 13.5. The highest BCUT2D eigenvalue weighted by molar-refractivity contribution is 6.77. The van der Waals surface area contributed by atoms with Gasteiger partial charge < -0.3 is 15.0 Å². The topological polar surface area (TPSA) is 76.5 Å². The lowest BCUT2D eigenvalue weighted by Gasteiger charge is -2.36. The first-order valence-electron chi connectivity index (χ1n) is 13.1. The zero-order chi connectivity index (χ0) is 27.1. The van der Waals surface area contributed by atoms with Gasteiger partial charge in [0.2, 0.25) is 5.95 Å². The summed E-state index contributed by atoms with van der Waals surface area (Å²) in [6, 6.07) is 13.6. The minimum absolute atomic E-state index is 0.0339. The van der Waals surface area contributed by atoms with E-state index in [1.165, 1.54) is 12.1 Å². The summed E-state index contributed by atoms with van der Waals surface area (Å²) >= 11 is 0. The van der Waals surface area contributed by atoms with Gasteiger partial charge in [-0.05, 0) is 70.5 Å². The van der Waals surface area contributed by atoms with Gasteiger partial charge in [-0.15, -0.1) is 0 Å². The number of ether oxygens (including phenoxy) is 1. The van der Waals surface area contributed by atoms with Crippen molar-refractivity contribution in [2.75, 3.05) is 23.3 Å². The van der Waals surface area contributed by atoms with E-state index in [-0.39, 0.29) is 17.6 Å². The average Bonchev–Trinajstić information content (AvgIpc) is 2.80. The highest BCUT2D eigenvalue weighted by atomic mass is 28.3. The van der Waals surface area contributed by atoms with Crippen molar-refractivity contribution >= 4 is 36.6 Å². The number of aryl methyl sites for hydroxylation is 1. The summed E-state index contributed by atoms with van der Waals surface area (Å²) in [6.07, 6.45) is 0. The molecule has 1 unspecified atom stereocenters. The molecule has 7 nitrogen and oxygen atoms in total. The molecule has 1 aliphatic rings. The number of fused-ring (bicyclic) bond motifs is 1. The summed E-state index contributed by atoms with van der Waals surface area (Å²) in [5.41, 5.74) is 3.18. The first kappa shape index (κ1) is 26.9. The van der Waals surface area contributed by atoms with Crippen molar-refractivity contribution in [1.29, 1.82) is 0 Å². The van der Waals surface area contributed by atoms with E-state index >= 15 is 0 Å². The lowest BCUT2D eigenvalue weighted by molar-refractivity contribution is 0.00706. The Hall–Kier alpha value is -3.13. The molecule has 1 fully saturated rings. The van der Waals surface area contributed by atoms with Gasteiger partial charge in [-0.3, -0.25) is 9.36 Å². The van der Waals surface area contributed by atoms with Gasteiger partial charge in [0.25, 0.3) is 5.56 Å². The SMILES string of the molecule is Cc1cc(C(C)Nc2ccccc2C(=O)OC(C)(C)C)c2nc(N3CC[Si](C)(C)CC3)n(C)c(=O)c2c1. The molecule has 0 spiro atoms. The van der Waals surface area contributed by atoms with E-state index in [4.69, 9.17) is 9.72 Å². The van der Waals surface area contributed by atoms with Crippen LogP contribution in [-0.2, 0) is 11.8 Å². The molecule has 2 aromatic carbocycles. The predicted molar refractivity (Wildman–Crippen MR) is 155 cm³/mol. The lowest BCUT2D eigenvalue weighted by atomic mass is 10.0. The third kappa shape index (κ3) is 5.90. The lowest BCUT2D eigenvalue weighted by Crippen LogP contribution is -2.44. The summed E-state index contributed by atoms with van der Waals surface area (Å²) in [7, 11) is 0.658. The smallest absolute Gasteiger partial charge is 0.340 e. The summed E-state index contributed by atoms with van der Waals surface area (Å²) < 4.78 is 7.33. The predicted octanol–water partition coefficient (Wildman–Crippen LogP) is 5.90. The molecular weight excluding hydrogens is 480 g/mol. The maximum Gasteiger partial charge on any atom is 0.340 e. The number of carbonyl (C=O) groups is 1. The Morgan fingerprint density at radius 1 is 1.14 bits per heavy atom. The van der Waals surface area contributed by atoms with Gasteiger partial charge in [0, 0.05) is 31.4 Å². The highest BCUT2D eigenvalue weighted by Crippen LogP contribution is 2.31. The van der Waals surface area contributed by atoms with E-state index in [9.17, 15) is 9.59 Å². The third-order valence-electron chi connectivity index (χ3n) is 7.11.